The highest BCUT2D eigenvalue weighted by Gasteiger charge is 2.31. The van der Waals surface area contributed by atoms with Gasteiger partial charge in [0.25, 0.3) is 0 Å². The molecule has 1 aliphatic carbocycles. The Labute approximate surface area is 234 Å². The number of hydrogen-bond acceptors (Lipinski definition) is 8. The second kappa shape index (κ2) is 10.8. The van der Waals surface area contributed by atoms with E-state index >= 15 is 0 Å². The number of hydrogen-bond donors (Lipinski definition) is 1. The number of carbonyl (C=O) groups excluding carboxylic acids is 3. The van der Waals surface area contributed by atoms with Crippen LogP contribution in [0.1, 0.15) is 57.5 Å². The summed E-state index contributed by atoms with van der Waals surface area (Å²) in [5, 5.41) is 8.92. The summed E-state index contributed by atoms with van der Waals surface area (Å²) in [6.07, 6.45) is 2.42. The normalized spacial score (nSPS) is 12.7. The van der Waals surface area contributed by atoms with Crippen molar-refractivity contribution < 1.29 is 23.9 Å². The molecule has 0 radical (unpaired) electrons. The maximum Gasteiger partial charge on any atom is 0.410 e. The van der Waals surface area contributed by atoms with Crippen molar-refractivity contribution in [2.45, 2.75) is 59.3 Å². The molecule has 1 aromatic carbocycles. The number of nitrogens with one attached hydrogen (secondary N) is 1. The van der Waals surface area contributed by atoms with E-state index in [1.54, 1.807) is 32.6 Å². The van der Waals surface area contributed by atoms with Crippen molar-refractivity contribution in [2.75, 3.05) is 39.0 Å². The molecule has 0 saturated heterocycles. The smallest absolute Gasteiger partial charge is 0.410 e. The molecule has 0 unspecified atom stereocenters. The monoisotopic (exact) mass is 550 g/mol. The number of ether oxygens (including phenoxy) is 2. The maximum atomic E-state index is 13.7. The van der Waals surface area contributed by atoms with Crippen molar-refractivity contribution in [2.24, 2.45) is 0 Å². The molecule has 214 valence electrons. The summed E-state index contributed by atoms with van der Waals surface area (Å²) in [4.78, 5) is 45.7. The molecule has 0 aliphatic heterocycles. The number of amides is 2. The van der Waals surface area contributed by atoms with Crippen LogP contribution in [0.25, 0.3) is 22.2 Å². The highest BCUT2D eigenvalue weighted by Crippen LogP contribution is 2.41. The average Bonchev–Trinajstić information content (AvgIpc) is 3.23. The lowest BCUT2D eigenvalue weighted by atomic mass is 9.87. The van der Waals surface area contributed by atoms with E-state index in [0.717, 1.165) is 10.9 Å². The van der Waals surface area contributed by atoms with Crippen LogP contribution >= 0.6 is 0 Å². The number of fused-ring (bicyclic) bond motifs is 2. The fraction of sp³-hybridized carbons (Fsp3) is 0.483. The minimum atomic E-state index is -0.591. The molecule has 3 aromatic rings. The number of aromatic nitrogens is 3. The number of likely N-dealkylation sites (N-methyl/N-ethyl adjacent to an activating group) is 2. The summed E-state index contributed by atoms with van der Waals surface area (Å²) in [5.41, 5.74) is 2.66. The minimum absolute atomic E-state index is 0.121. The average molecular weight is 551 g/mol. The van der Waals surface area contributed by atoms with Crippen LogP contribution in [0.2, 0.25) is 0 Å². The van der Waals surface area contributed by atoms with Gasteiger partial charge in [-0.3, -0.25) is 14.5 Å². The molecule has 0 bridgehead atoms. The molecule has 1 N–H and O–H groups in total. The van der Waals surface area contributed by atoms with Gasteiger partial charge in [0.2, 0.25) is 0 Å². The predicted molar refractivity (Wildman–Crippen MR) is 153 cm³/mol. The van der Waals surface area contributed by atoms with Crippen LogP contribution in [-0.2, 0) is 16.0 Å². The summed E-state index contributed by atoms with van der Waals surface area (Å²) in [7, 11) is 3.36. The van der Waals surface area contributed by atoms with Crippen molar-refractivity contribution in [3.63, 3.8) is 0 Å². The highest BCUT2D eigenvalue weighted by atomic mass is 16.6. The first-order valence-electron chi connectivity index (χ1n) is 13.3. The predicted octanol–water partition coefficient (Wildman–Crippen LogP) is 4.79. The SMILES string of the molecule is CN(CCNc1ccc2c3c(nn2CCN(C)C(=O)OC(C)(C)C)-c2cnccc2C(=O)c13)C(=O)OC(C)(C)C. The molecule has 2 aromatic heterocycles. The van der Waals surface area contributed by atoms with E-state index in [9.17, 15) is 14.4 Å². The molecule has 0 fully saturated rings. The number of nitrogens with zero attached hydrogens (tertiary/aromatic N) is 5. The first kappa shape index (κ1) is 28.8. The van der Waals surface area contributed by atoms with Gasteiger partial charge >= 0.3 is 12.2 Å². The van der Waals surface area contributed by atoms with Gasteiger partial charge in [-0.15, -0.1) is 0 Å². The zero-order chi connectivity index (χ0) is 29.4. The Morgan fingerprint density at radius 2 is 1.55 bits per heavy atom. The summed E-state index contributed by atoms with van der Waals surface area (Å²) >= 11 is 0. The number of rotatable bonds is 7. The number of benzene rings is 1. The molecular formula is C29H38N6O5. The Morgan fingerprint density at radius 1 is 0.925 bits per heavy atom. The lowest BCUT2D eigenvalue weighted by molar-refractivity contribution is 0.0287. The number of carbonyl (C=O) groups is 3. The van der Waals surface area contributed by atoms with Gasteiger partial charge in [-0.05, 0) is 59.7 Å². The van der Waals surface area contributed by atoms with Crippen molar-refractivity contribution in [3.05, 3.63) is 41.7 Å². The van der Waals surface area contributed by atoms with Gasteiger partial charge in [0, 0.05) is 68.3 Å². The van der Waals surface area contributed by atoms with E-state index in [4.69, 9.17) is 14.6 Å². The molecule has 11 nitrogen and oxygen atoms in total. The standard InChI is InChI=1S/C29H38N6O5/c1-28(2,3)39-26(37)33(7)14-13-31-20-9-10-21-23-22(20)25(36)18-11-12-30-17-19(18)24(23)32-35(21)16-15-34(8)27(38)40-29(4,5)6/h9-12,17,31H,13-16H2,1-8H3. The second-order valence-corrected chi connectivity index (χ2v) is 11.9. The van der Waals surface area contributed by atoms with Crippen molar-refractivity contribution in [3.8, 4) is 11.3 Å². The van der Waals surface area contributed by atoms with Crippen molar-refractivity contribution in [1.82, 2.24) is 24.6 Å². The molecule has 0 saturated carbocycles. The molecule has 1 aliphatic rings. The number of anilines is 1. The van der Waals surface area contributed by atoms with E-state index in [1.165, 1.54) is 9.80 Å². The fourth-order valence-electron chi connectivity index (χ4n) is 4.39. The number of pyridine rings is 1. The lowest BCUT2D eigenvalue weighted by Crippen LogP contribution is -2.36. The third-order valence-electron chi connectivity index (χ3n) is 6.29. The highest BCUT2D eigenvalue weighted by molar-refractivity contribution is 6.27. The zero-order valence-corrected chi connectivity index (χ0v) is 24.5. The van der Waals surface area contributed by atoms with Gasteiger partial charge < -0.3 is 24.6 Å². The summed E-state index contributed by atoms with van der Waals surface area (Å²) in [6, 6.07) is 5.47. The van der Waals surface area contributed by atoms with Crippen LogP contribution < -0.4 is 5.32 Å². The van der Waals surface area contributed by atoms with Crippen LogP contribution in [0.5, 0.6) is 0 Å². The number of ketones is 1. The molecule has 0 atom stereocenters. The molecule has 2 heterocycles. The van der Waals surface area contributed by atoms with Crippen LogP contribution in [0.4, 0.5) is 15.3 Å². The lowest BCUT2D eigenvalue weighted by Gasteiger charge is -2.25. The van der Waals surface area contributed by atoms with E-state index in [2.05, 4.69) is 10.3 Å². The van der Waals surface area contributed by atoms with E-state index in [1.807, 2.05) is 58.4 Å². The third-order valence-corrected chi connectivity index (χ3v) is 6.29. The fourth-order valence-corrected chi connectivity index (χ4v) is 4.39. The van der Waals surface area contributed by atoms with Gasteiger partial charge in [0.15, 0.2) is 5.78 Å². The topological polar surface area (TPSA) is 119 Å². The van der Waals surface area contributed by atoms with E-state index in [0.29, 0.717) is 54.3 Å². The first-order chi connectivity index (χ1) is 18.7. The Kier molecular flexibility index (Phi) is 7.78. The second-order valence-electron chi connectivity index (χ2n) is 11.9. The van der Waals surface area contributed by atoms with Gasteiger partial charge in [0.1, 0.15) is 16.9 Å². The largest absolute Gasteiger partial charge is 0.444 e. The third kappa shape index (κ3) is 6.19. The maximum absolute atomic E-state index is 13.7. The minimum Gasteiger partial charge on any atom is -0.444 e. The van der Waals surface area contributed by atoms with Gasteiger partial charge in [0.05, 0.1) is 17.6 Å². The van der Waals surface area contributed by atoms with Crippen LogP contribution in [0.3, 0.4) is 0 Å². The Hall–Kier alpha value is -4.15. The Bertz CT molecular complexity index is 1450. The summed E-state index contributed by atoms with van der Waals surface area (Å²) in [6.45, 7) is 12.5. The molecule has 40 heavy (non-hydrogen) atoms. The van der Waals surface area contributed by atoms with Crippen molar-refractivity contribution >= 4 is 34.6 Å². The summed E-state index contributed by atoms with van der Waals surface area (Å²) in [5.74, 6) is -0.121. The van der Waals surface area contributed by atoms with E-state index < -0.39 is 23.4 Å². The molecule has 4 rings (SSSR count). The molecule has 11 heteroatoms. The van der Waals surface area contributed by atoms with Crippen LogP contribution in [0.15, 0.2) is 30.6 Å². The zero-order valence-electron chi connectivity index (χ0n) is 24.5. The summed E-state index contributed by atoms with van der Waals surface area (Å²) < 4.78 is 12.7. The molecule has 0 spiro atoms. The molecular weight excluding hydrogens is 512 g/mol. The Balaban J connectivity index is 1.61. The Morgan fingerprint density at radius 3 is 2.17 bits per heavy atom. The van der Waals surface area contributed by atoms with Crippen LogP contribution in [0, 0.1) is 0 Å². The van der Waals surface area contributed by atoms with Gasteiger partial charge in [-0.1, -0.05) is 0 Å². The quantitative estimate of drug-likeness (QED) is 0.349. The van der Waals surface area contributed by atoms with Gasteiger partial charge in [-0.25, -0.2) is 9.59 Å². The van der Waals surface area contributed by atoms with Gasteiger partial charge in [-0.2, -0.15) is 5.10 Å². The van der Waals surface area contributed by atoms with Crippen LogP contribution in [-0.4, -0.2) is 87.5 Å². The van der Waals surface area contributed by atoms with E-state index in [-0.39, 0.29) is 5.78 Å². The first-order valence-corrected chi connectivity index (χ1v) is 13.3. The molecule has 2 amide bonds. The van der Waals surface area contributed by atoms with Crippen molar-refractivity contribution in [1.29, 1.82) is 0 Å².